The maximum atomic E-state index is 13.3. The van der Waals surface area contributed by atoms with Gasteiger partial charge in [0.1, 0.15) is 0 Å². The van der Waals surface area contributed by atoms with Crippen LogP contribution in [0.5, 0.6) is 0 Å². The van der Waals surface area contributed by atoms with Crippen LogP contribution in [-0.4, -0.2) is 11.5 Å². The van der Waals surface area contributed by atoms with Gasteiger partial charge in [0.2, 0.25) is 6.43 Å². The SMILES string of the molecule is CCCC(O)(c1ccc(C(C)(C)C)cc1)C(CC)C(F)F. The van der Waals surface area contributed by atoms with E-state index in [2.05, 4.69) is 20.8 Å². The van der Waals surface area contributed by atoms with Gasteiger partial charge in [-0.05, 0) is 29.4 Å². The van der Waals surface area contributed by atoms with E-state index in [4.69, 9.17) is 0 Å². The number of alkyl halides is 2. The second-order valence-corrected chi connectivity index (χ2v) is 6.85. The van der Waals surface area contributed by atoms with Crippen LogP contribution >= 0.6 is 0 Å². The number of benzene rings is 1. The van der Waals surface area contributed by atoms with Gasteiger partial charge >= 0.3 is 0 Å². The van der Waals surface area contributed by atoms with Gasteiger partial charge in [0.25, 0.3) is 0 Å². The Labute approximate surface area is 127 Å². The number of hydrogen-bond acceptors (Lipinski definition) is 1. The zero-order valence-electron chi connectivity index (χ0n) is 13.8. The topological polar surface area (TPSA) is 20.2 Å². The van der Waals surface area contributed by atoms with E-state index in [1.807, 2.05) is 19.1 Å². The number of aliphatic hydroxyl groups is 1. The van der Waals surface area contributed by atoms with E-state index in [0.717, 1.165) is 5.56 Å². The third-order valence-corrected chi connectivity index (χ3v) is 4.24. The summed E-state index contributed by atoms with van der Waals surface area (Å²) in [5.41, 5.74) is 0.294. The van der Waals surface area contributed by atoms with Crippen molar-refractivity contribution < 1.29 is 13.9 Å². The summed E-state index contributed by atoms with van der Waals surface area (Å²) in [6, 6.07) is 7.49. The first-order chi connectivity index (χ1) is 9.66. The minimum Gasteiger partial charge on any atom is -0.385 e. The van der Waals surface area contributed by atoms with Gasteiger partial charge < -0.3 is 5.11 Å². The molecule has 1 nitrogen and oxygen atoms in total. The van der Waals surface area contributed by atoms with E-state index < -0.39 is 17.9 Å². The van der Waals surface area contributed by atoms with Crippen LogP contribution in [0.25, 0.3) is 0 Å². The third kappa shape index (κ3) is 4.03. The highest BCUT2D eigenvalue weighted by Gasteiger charge is 2.41. The molecule has 0 saturated carbocycles. The molecule has 1 N–H and O–H groups in total. The molecule has 0 spiro atoms. The molecule has 0 aliphatic rings. The Hall–Kier alpha value is -0.960. The number of hydrogen-bond donors (Lipinski definition) is 1. The van der Waals surface area contributed by atoms with E-state index in [0.29, 0.717) is 18.4 Å². The minimum absolute atomic E-state index is 0.00821. The third-order valence-electron chi connectivity index (χ3n) is 4.24. The molecule has 0 aliphatic carbocycles. The molecule has 3 heteroatoms. The van der Waals surface area contributed by atoms with Crippen molar-refractivity contribution in [3.8, 4) is 0 Å². The summed E-state index contributed by atoms with van der Waals surface area (Å²) in [5, 5.41) is 10.9. The average Bonchev–Trinajstić information content (AvgIpc) is 2.38. The molecule has 0 aliphatic heterocycles. The monoisotopic (exact) mass is 298 g/mol. The van der Waals surface area contributed by atoms with E-state index in [9.17, 15) is 13.9 Å². The summed E-state index contributed by atoms with van der Waals surface area (Å²) in [5.74, 6) is -1.03. The Morgan fingerprint density at radius 1 is 1.00 bits per heavy atom. The lowest BCUT2D eigenvalue weighted by Gasteiger charge is -2.36. The van der Waals surface area contributed by atoms with Crippen molar-refractivity contribution in [2.75, 3.05) is 0 Å². The standard InChI is InChI=1S/C18H28F2O/c1-6-12-18(21,15(7-2)16(19)20)14-10-8-13(9-11-14)17(3,4)5/h8-11,15-16,21H,6-7,12H2,1-5H3. The van der Waals surface area contributed by atoms with Crippen molar-refractivity contribution >= 4 is 0 Å². The van der Waals surface area contributed by atoms with E-state index in [-0.39, 0.29) is 11.8 Å². The Morgan fingerprint density at radius 3 is 1.81 bits per heavy atom. The maximum Gasteiger partial charge on any atom is 0.244 e. The van der Waals surface area contributed by atoms with Gasteiger partial charge in [-0.3, -0.25) is 0 Å². The molecule has 2 unspecified atom stereocenters. The van der Waals surface area contributed by atoms with E-state index >= 15 is 0 Å². The fraction of sp³-hybridized carbons (Fsp3) is 0.667. The molecular weight excluding hydrogens is 270 g/mol. The van der Waals surface area contributed by atoms with Gasteiger partial charge in [0.15, 0.2) is 0 Å². The second-order valence-electron chi connectivity index (χ2n) is 6.85. The van der Waals surface area contributed by atoms with E-state index in [1.54, 1.807) is 19.1 Å². The zero-order valence-corrected chi connectivity index (χ0v) is 13.8. The normalized spacial score (nSPS) is 16.8. The molecule has 0 heterocycles. The molecule has 0 aromatic heterocycles. The molecule has 21 heavy (non-hydrogen) atoms. The summed E-state index contributed by atoms with van der Waals surface area (Å²) in [6.45, 7) is 9.93. The molecule has 1 rings (SSSR count). The summed E-state index contributed by atoms with van der Waals surface area (Å²) >= 11 is 0. The van der Waals surface area contributed by atoms with Gasteiger partial charge in [0.05, 0.1) is 11.5 Å². The Morgan fingerprint density at radius 2 is 1.48 bits per heavy atom. The fourth-order valence-electron chi connectivity index (χ4n) is 2.91. The van der Waals surface area contributed by atoms with Crippen molar-refractivity contribution in [3.05, 3.63) is 35.4 Å². The van der Waals surface area contributed by atoms with Crippen LogP contribution in [0.15, 0.2) is 24.3 Å². The van der Waals surface area contributed by atoms with Crippen LogP contribution in [0.2, 0.25) is 0 Å². The van der Waals surface area contributed by atoms with Crippen molar-refractivity contribution in [2.45, 2.75) is 71.3 Å². The molecule has 0 amide bonds. The molecule has 120 valence electrons. The highest BCUT2D eigenvalue weighted by Crippen LogP contribution is 2.40. The lowest BCUT2D eigenvalue weighted by Crippen LogP contribution is -2.39. The predicted molar refractivity (Wildman–Crippen MR) is 83.7 cm³/mol. The largest absolute Gasteiger partial charge is 0.385 e. The van der Waals surface area contributed by atoms with Crippen molar-refractivity contribution in [3.63, 3.8) is 0 Å². The molecule has 0 saturated heterocycles. The van der Waals surface area contributed by atoms with Crippen molar-refractivity contribution in [1.29, 1.82) is 0 Å². The van der Waals surface area contributed by atoms with Crippen molar-refractivity contribution in [1.82, 2.24) is 0 Å². The van der Waals surface area contributed by atoms with Gasteiger partial charge in [-0.25, -0.2) is 8.78 Å². The molecule has 1 aromatic carbocycles. The van der Waals surface area contributed by atoms with Crippen LogP contribution < -0.4 is 0 Å². The van der Waals surface area contributed by atoms with Crippen LogP contribution in [0, 0.1) is 5.92 Å². The lowest BCUT2D eigenvalue weighted by atomic mass is 9.76. The quantitative estimate of drug-likeness (QED) is 0.759. The molecule has 1 aromatic rings. The summed E-state index contributed by atoms with van der Waals surface area (Å²) < 4.78 is 26.6. The second kappa shape index (κ2) is 6.87. The molecule has 0 radical (unpaired) electrons. The highest BCUT2D eigenvalue weighted by atomic mass is 19.3. The fourth-order valence-corrected chi connectivity index (χ4v) is 2.91. The lowest BCUT2D eigenvalue weighted by molar-refractivity contribution is -0.0975. The first-order valence-corrected chi connectivity index (χ1v) is 7.78. The first-order valence-electron chi connectivity index (χ1n) is 7.78. The molecule has 0 fully saturated rings. The predicted octanol–water partition coefficient (Wildman–Crippen LogP) is 5.26. The van der Waals surface area contributed by atoms with Crippen LogP contribution in [0.3, 0.4) is 0 Å². The Balaban J connectivity index is 3.22. The summed E-state index contributed by atoms with van der Waals surface area (Å²) in [6.07, 6.45) is -1.24. The minimum atomic E-state index is -2.52. The maximum absolute atomic E-state index is 13.3. The highest BCUT2D eigenvalue weighted by molar-refractivity contribution is 5.31. The van der Waals surface area contributed by atoms with Crippen molar-refractivity contribution in [2.24, 2.45) is 5.92 Å². The van der Waals surface area contributed by atoms with Crippen LogP contribution in [0.1, 0.15) is 65.0 Å². The van der Waals surface area contributed by atoms with E-state index in [1.165, 1.54) is 0 Å². The number of halogens is 2. The van der Waals surface area contributed by atoms with Gasteiger partial charge in [-0.2, -0.15) is 0 Å². The summed E-state index contributed by atoms with van der Waals surface area (Å²) in [4.78, 5) is 0. The number of rotatable bonds is 6. The Kier molecular flexibility index (Phi) is 5.92. The molecule has 2 atom stereocenters. The molecular formula is C18H28F2O. The first kappa shape index (κ1) is 18.1. The molecule has 0 bridgehead atoms. The smallest absolute Gasteiger partial charge is 0.244 e. The van der Waals surface area contributed by atoms with Crippen LogP contribution in [-0.2, 0) is 11.0 Å². The van der Waals surface area contributed by atoms with Gasteiger partial charge in [-0.1, -0.05) is 65.3 Å². The van der Waals surface area contributed by atoms with Gasteiger partial charge in [-0.15, -0.1) is 0 Å². The average molecular weight is 298 g/mol. The zero-order chi connectivity index (χ0) is 16.3. The Bertz CT molecular complexity index is 434. The summed E-state index contributed by atoms with van der Waals surface area (Å²) in [7, 11) is 0. The van der Waals surface area contributed by atoms with Crippen LogP contribution in [0.4, 0.5) is 8.78 Å². The van der Waals surface area contributed by atoms with Gasteiger partial charge in [0, 0.05) is 0 Å².